The van der Waals surface area contributed by atoms with Crippen LogP contribution in [0.15, 0.2) is 23.5 Å². The van der Waals surface area contributed by atoms with Crippen LogP contribution in [0, 0.1) is 26.1 Å². The Morgan fingerprint density at radius 1 is 1.40 bits per heavy atom. The topological polar surface area (TPSA) is 107 Å². The molecule has 0 saturated carbocycles. The summed E-state index contributed by atoms with van der Waals surface area (Å²) < 4.78 is 0. The fourth-order valence-electron chi connectivity index (χ4n) is 1.38. The maximum absolute atomic E-state index is 10.7. The first-order valence-electron chi connectivity index (χ1n) is 4.22. The SMILES string of the molecule is CC1C([N+](=O)[O-])=C([N+](=O)[O-])C=CC1(C)O. The lowest BCUT2D eigenvalue weighted by molar-refractivity contribution is -0.476. The maximum atomic E-state index is 10.7. The number of rotatable bonds is 2. The van der Waals surface area contributed by atoms with Gasteiger partial charge in [0.05, 0.1) is 21.4 Å². The molecular formula is C8H10N2O5. The molecule has 0 aromatic carbocycles. The number of aliphatic hydroxyl groups is 1. The monoisotopic (exact) mass is 214 g/mol. The van der Waals surface area contributed by atoms with Gasteiger partial charge in [-0.1, -0.05) is 0 Å². The molecule has 0 heterocycles. The van der Waals surface area contributed by atoms with E-state index in [0.717, 1.165) is 6.08 Å². The molecule has 2 atom stereocenters. The molecule has 0 aliphatic heterocycles. The van der Waals surface area contributed by atoms with Crippen LogP contribution in [0.5, 0.6) is 0 Å². The fourth-order valence-corrected chi connectivity index (χ4v) is 1.38. The van der Waals surface area contributed by atoms with E-state index in [9.17, 15) is 25.3 Å². The van der Waals surface area contributed by atoms with E-state index in [0.29, 0.717) is 0 Å². The van der Waals surface area contributed by atoms with Crippen LogP contribution in [0.4, 0.5) is 0 Å². The van der Waals surface area contributed by atoms with Crippen LogP contribution in [0.3, 0.4) is 0 Å². The normalized spacial score (nSPS) is 30.5. The molecule has 1 aliphatic carbocycles. The lowest BCUT2D eigenvalue weighted by atomic mass is 9.83. The standard InChI is InChI=1S/C8H10N2O5/c1-5-7(10(14)15)6(9(12)13)3-4-8(5,2)11/h3-5,11H,1-2H3. The molecule has 1 rings (SSSR count). The van der Waals surface area contributed by atoms with Crippen LogP contribution >= 0.6 is 0 Å². The Balaban J connectivity index is 3.33. The smallest absolute Gasteiger partial charge is 0.341 e. The van der Waals surface area contributed by atoms with Gasteiger partial charge in [-0.05, 0) is 19.9 Å². The molecule has 0 aromatic rings. The second-order valence-electron chi connectivity index (χ2n) is 3.57. The lowest BCUT2D eigenvalue weighted by Crippen LogP contribution is -2.37. The van der Waals surface area contributed by atoms with Crippen LogP contribution in [0.1, 0.15) is 13.8 Å². The number of hydrogen-bond donors (Lipinski definition) is 1. The molecule has 1 aliphatic rings. The van der Waals surface area contributed by atoms with Crippen molar-refractivity contribution < 1.29 is 15.0 Å². The van der Waals surface area contributed by atoms with Crippen molar-refractivity contribution in [2.45, 2.75) is 19.4 Å². The first-order valence-corrected chi connectivity index (χ1v) is 4.22. The first kappa shape index (κ1) is 11.3. The summed E-state index contributed by atoms with van der Waals surface area (Å²) in [6, 6.07) is 0. The summed E-state index contributed by atoms with van der Waals surface area (Å²) in [6.07, 6.45) is 2.17. The van der Waals surface area contributed by atoms with Crippen molar-refractivity contribution in [2.75, 3.05) is 0 Å². The summed E-state index contributed by atoms with van der Waals surface area (Å²) in [5.41, 5.74) is -2.56. The molecule has 1 N–H and O–H groups in total. The quantitative estimate of drug-likeness (QED) is 0.538. The van der Waals surface area contributed by atoms with Gasteiger partial charge in [0.2, 0.25) is 0 Å². The zero-order valence-corrected chi connectivity index (χ0v) is 8.21. The van der Waals surface area contributed by atoms with Gasteiger partial charge in [0.1, 0.15) is 0 Å². The highest BCUT2D eigenvalue weighted by Gasteiger charge is 2.44. The molecule has 0 aromatic heterocycles. The molecule has 0 bridgehead atoms. The van der Waals surface area contributed by atoms with Crippen molar-refractivity contribution in [1.29, 1.82) is 0 Å². The van der Waals surface area contributed by atoms with Crippen molar-refractivity contribution in [3.05, 3.63) is 43.8 Å². The zero-order chi connectivity index (χ0) is 11.8. The number of nitrogens with zero attached hydrogens (tertiary/aromatic N) is 2. The summed E-state index contributed by atoms with van der Waals surface area (Å²) in [6.45, 7) is 2.75. The Kier molecular flexibility index (Phi) is 2.59. The molecule has 0 fully saturated rings. The third kappa shape index (κ3) is 1.86. The average Bonchev–Trinajstić information content (AvgIpc) is 2.08. The number of nitro groups is 2. The molecule has 0 radical (unpaired) electrons. The molecular weight excluding hydrogens is 204 g/mol. The van der Waals surface area contributed by atoms with E-state index < -0.39 is 32.8 Å². The molecule has 7 nitrogen and oxygen atoms in total. The molecule has 0 spiro atoms. The Bertz CT molecular complexity index is 382. The van der Waals surface area contributed by atoms with E-state index in [-0.39, 0.29) is 0 Å². The highest BCUT2D eigenvalue weighted by atomic mass is 16.6. The van der Waals surface area contributed by atoms with Gasteiger partial charge >= 0.3 is 11.4 Å². The first-order chi connectivity index (χ1) is 6.77. The van der Waals surface area contributed by atoms with Crippen molar-refractivity contribution in [3.8, 4) is 0 Å². The minimum Gasteiger partial charge on any atom is -0.385 e. The summed E-state index contributed by atoms with van der Waals surface area (Å²) in [7, 11) is 0. The van der Waals surface area contributed by atoms with Crippen molar-refractivity contribution in [2.24, 2.45) is 5.92 Å². The Morgan fingerprint density at radius 2 is 1.93 bits per heavy atom. The van der Waals surface area contributed by atoms with Crippen LogP contribution in [-0.4, -0.2) is 20.6 Å². The minimum atomic E-state index is -1.43. The predicted molar refractivity (Wildman–Crippen MR) is 49.9 cm³/mol. The Labute approximate surface area is 85.0 Å². The molecule has 82 valence electrons. The van der Waals surface area contributed by atoms with Gasteiger partial charge < -0.3 is 5.11 Å². The van der Waals surface area contributed by atoms with Crippen LogP contribution < -0.4 is 0 Å². The summed E-state index contributed by atoms with van der Waals surface area (Å²) in [5, 5.41) is 30.9. The van der Waals surface area contributed by atoms with Crippen molar-refractivity contribution >= 4 is 0 Å². The van der Waals surface area contributed by atoms with Gasteiger partial charge in [-0.3, -0.25) is 20.2 Å². The maximum Gasteiger partial charge on any atom is 0.341 e. The summed E-state index contributed by atoms with van der Waals surface area (Å²) in [5.74, 6) is -0.919. The molecule has 15 heavy (non-hydrogen) atoms. The van der Waals surface area contributed by atoms with Gasteiger partial charge in [0.15, 0.2) is 0 Å². The number of allylic oxidation sites excluding steroid dienone is 1. The number of hydrogen-bond acceptors (Lipinski definition) is 5. The van der Waals surface area contributed by atoms with E-state index in [2.05, 4.69) is 0 Å². The fraction of sp³-hybridized carbons (Fsp3) is 0.500. The van der Waals surface area contributed by atoms with E-state index in [1.165, 1.54) is 19.9 Å². The molecule has 7 heteroatoms. The predicted octanol–water partition coefficient (Wildman–Crippen LogP) is 0.708. The Hall–Kier alpha value is -1.76. The molecule has 2 unspecified atom stereocenters. The zero-order valence-electron chi connectivity index (χ0n) is 8.21. The largest absolute Gasteiger partial charge is 0.385 e. The van der Waals surface area contributed by atoms with E-state index in [4.69, 9.17) is 0 Å². The van der Waals surface area contributed by atoms with Crippen LogP contribution in [0.2, 0.25) is 0 Å². The van der Waals surface area contributed by atoms with Crippen LogP contribution in [-0.2, 0) is 0 Å². The second kappa shape index (κ2) is 3.43. The van der Waals surface area contributed by atoms with Gasteiger partial charge in [-0.25, -0.2) is 0 Å². The van der Waals surface area contributed by atoms with Gasteiger partial charge in [-0.2, -0.15) is 0 Å². The third-order valence-corrected chi connectivity index (χ3v) is 2.52. The summed E-state index contributed by atoms with van der Waals surface area (Å²) >= 11 is 0. The lowest BCUT2D eigenvalue weighted by Gasteiger charge is -2.26. The van der Waals surface area contributed by atoms with Gasteiger partial charge in [0, 0.05) is 6.08 Å². The third-order valence-electron chi connectivity index (χ3n) is 2.52. The average molecular weight is 214 g/mol. The van der Waals surface area contributed by atoms with Crippen molar-refractivity contribution in [3.63, 3.8) is 0 Å². The minimum absolute atomic E-state index is 0.562. The highest BCUT2D eigenvalue weighted by Crippen LogP contribution is 2.33. The van der Waals surface area contributed by atoms with Gasteiger partial charge in [0.25, 0.3) is 0 Å². The molecule has 0 amide bonds. The second-order valence-corrected chi connectivity index (χ2v) is 3.57. The van der Waals surface area contributed by atoms with E-state index in [1.807, 2.05) is 0 Å². The van der Waals surface area contributed by atoms with Crippen molar-refractivity contribution in [1.82, 2.24) is 0 Å². The molecule has 0 saturated heterocycles. The Morgan fingerprint density at radius 3 is 2.33 bits per heavy atom. The highest BCUT2D eigenvalue weighted by molar-refractivity contribution is 5.27. The van der Waals surface area contributed by atoms with Crippen LogP contribution in [0.25, 0.3) is 0 Å². The summed E-state index contributed by atoms with van der Waals surface area (Å²) in [4.78, 5) is 19.6. The van der Waals surface area contributed by atoms with Gasteiger partial charge in [-0.15, -0.1) is 0 Å². The van der Waals surface area contributed by atoms with E-state index >= 15 is 0 Å². The van der Waals surface area contributed by atoms with E-state index in [1.54, 1.807) is 0 Å².